The second-order valence-electron chi connectivity index (χ2n) is 2.81. The third-order valence-corrected chi connectivity index (χ3v) is 2.64. The van der Waals surface area contributed by atoms with E-state index in [4.69, 9.17) is 10.4 Å². The molecular weight excluding hydrogens is 246 g/mol. The Morgan fingerprint density at radius 3 is 2.71 bits per heavy atom. The minimum atomic E-state index is -0.966. The molecule has 0 saturated carbocycles. The molecule has 1 aromatic carbocycles. The van der Waals surface area contributed by atoms with Gasteiger partial charge in [0.05, 0.1) is 17.2 Å². The molecule has 0 amide bonds. The van der Waals surface area contributed by atoms with Crippen LogP contribution in [0.25, 0.3) is 0 Å². The van der Waals surface area contributed by atoms with E-state index >= 15 is 0 Å². The third-order valence-electron chi connectivity index (χ3n) is 2.08. The lowest BCUT2D eigenvalue weighted by Gasteiger charge is -2.07. The minimum Gasteiger partial charge on any atom is -0.478 e. The Morgan fingerprint density at radius 1 is 1.64 bits per heavy atom. The van der Waals surface area contributed by atoms with Crippen molar-refractivity contribution in [2.75, 3.05) is 0 Å². The smallest absolute Gasteiger partial charge is 0.336 e. The van der Waals surface area contributed by atoms with Crippen LogP contribution in [0.15, 0.2) is 12.1 Å². The fourth-order valence-electron chi connectivity index (χ4n) is 1.25. The van der Waals surface area contributed by atoms with Gasteiger partial charge in [-0.05, 0) is 30.2 Å². The van der Waals surface area contributed by atoms with Crippen molar-refractivity contribution in [1.82, 2.24) is 0 Å². The maximum absolute atomic E-state index is 10.8. The molecule has 4 heteroatoms. The van der Waals surface area contributed by atoms with Gasteiger partial charge < -0.3 is 5.11 Å². The van der Waals surface area contributed by atoms with Crippen molar-refractivity contribution in [1.29, 1.82) is 5.26 Å². The second-order valence-corrected chi connectivity index (χ2v) is 3.38. The summed E-state index contributed by atoms with van der Waals surface area (Å²) in [7, 11) is 0. The summed E-state index contributed by atoms with van der Waals surface area (Å²) >= 11 is 3.22. The van der Waals surface area contributed by atoms with E-state index in [9.17, 15) is 4.79 Å². The van der Waals surface area contributed by atoms with Crippen molar-refractivity contribution >= 4 is 21.9 Å². The SMILES string of the molecule is Cc1c(C#N)ccc(C(=O)O)c1CBr. The van der Waals surface area contributed by atoms with Crippen molar-refractivity contribution < 1.29 is 9.90 Å². The van der Waals surface area contributed by atoms with Crippen molar-refractivity contribution in [3.8, 4) is 6.07 Å². The number of nitriles is 1. The number of carbonyl (C=O) groups is 1. The first-order chi connectivity index (χ1) is 6.61. The van der Waals surface area contributed by atoms with Crippen LogP contribution in [0, 0.1) is 18.3 Å². The van der Waals surface area contributed by atoms with E-state index in [1.165, 1.54) is 12.1 Å². The highest BCUT2D eigenvalue weighted by Crippen LogP contribution is 2.20. The Kier molecular flexibility index (Phi) is 3.26. The summed E-state index contributed by atoms with van der Waals surface area (Å²) in [5, 5.41) is 18.1. The molecule has 0 atom stereocenters. The topological polar surface area (TPSA) is 61.1 Å². The van der Waals surface area contributed by atoms with Crippen LogP contribution in [0.1, 0.15) is 27.0 Å². The normalized spacial score (nSPS) is 9.50. The number of alkyl halides is 1. The summed E-state index contributed by atoms with van der Waals surface area (Å²) in [5.74, 6) is -0.966. The van der Waals surface area contributed by atoms with Gasteiger partial charge in [0.1, 0.15) is 0 Å². The summed E-state index contributed by atoms with van der Waals surface area (Å²) < 4.78 is 0. The first-order valence-electron chi connectivity index (χ1n) is 3.93. The molecule has 0 aromatic heterocycles. The predicted molar refractivity (Wildman–Crippen MR) is 55.5 cm³/mol. The van der Waals surface area contributed by atoms with Crippen LogP contribution < -0.4 is 0 Å². The lowest BCUT2D eigenvalue weighted by molar-refractivity contribution is 0.0696. The fraction of sp³-hybridized carbons (Fsp3) is 0.200. The van der Waals surface area contributed by atoms with Gasteiger partial charge in [0.15, 0.2) is 0 Å². The maximum atomic E-state index is 10.8. The van der Waals surface area contributed by atoms with Crippen molar-refractivity contribution in [3.05, 3.63) is 34.4 Å². The van der Waals surface area contributed by atoms with Gasteiger partial charge in [-0.15, -0.1) is 0 Å². The summed E-state index contributed by atoms with van der Waals surface area (Å²) in [6.45, 7) is 1.75. The molecule has 0 saturated heterocycles. The molecule has 0 heterocycles. The molecular formula is C10H8BrNO2. The van der Waals surface area contributed by atoms with E-state index in [2.05, 4.69) is 15.9 Å². The molecule has 3 nitrogen and oxygen atoms in total. The Bertz CT molecular complexity index is 421. The summed E-state index contributed by atoms with van der Waals surface area (Å²) in [5.41, 5.74) is 2.16. The number of aromatic carboxylic acids is 1. The average Bonchev–Trinajstić information content (AvgIpc) is 2.17. The number of benzene rings is 1. The zero-order valence-corrected chi connectivity index (χ0v) is 9.13. The van der Waals surface area contributed by atoms with Gasteiger partial charge in [-0.1, -0.05) is 15.9 Å². The quantitative estimate of drug-likeness (QED) is 0.824. The van der Waals surface area contributed by atoms with E-state index in [0.717, 1.165) is 5.56 Å². The molecule has 0 bridgehead atoms. The molecule has 14 heavy (non-hydrogen) atoms. The fourth-order valence-corrected chi connectivity index (χ4v) is 1.97. The number of carboxylic acids is 1. The number of halogens is 1. The van der Waals surface area contributed by atoms with E-state index in [-0.39, 0.29) is 5.56 Å². The number of nitrogens with zero attached hydrogens (tertiary/aromatic N) is 1. The van der Waals surface area contributed by atoms with Gasteiger partial charge in [-0.2, -0.15) is 5.26 Å². The van der Waals surface area contributed by atoms with Crippen molar-refractivity contribution in [2.24, 2.45) is 0 Å². The molecule has 0 unspecified atom stereocenters. The van der Waals surface area contributed by atoms with Crippen molar-refractivity contribution in [3.63, 3.8) is 0 Å². The zero-order chi connectivity index (χ0) is 10.7. The monoisotopic (exact) mass is 253 g/mol. The molecule has 0 fully saturated rings. The third kappa shape index (κ3) is 1.78. The molecule has 0 spiro atoms. The Balaban J connectivity index is 3.45. The van der Waals surface area contributed by atoms with E-state index in [1.807, 2.05) is 6.07 Å². The number of carboxylic acid groups (broad SMARTS) is 1. The molecule has 72 valence electrons. The molecule has 1 aromatic rings. The highest BCUT2D eigenvalue weighted by molar-refractivity contribution is 9.08. The summed E-state index contributed by atoms with van der Waals surface area (Å²) in [6, 6.07) is 5.02. The van der Waals surface area contributed by atoms with Crippen LogP contribution in [0.3, 0.4) is 0 Å². The highest BCUT2D eigenvalue weighted by atomic mass is 79.9. The number of hydrogen-bond donors (Lipinski definition) is 1. The minimum absolute atomic E-state index is 0.248. The number of hydrogen-bond acceptors (Lipinski definition) is 2. The summed E-state index contributed by atoms with van der Waals surface area (Å²) in [4.78, 5) is 10.8. The van der Waals surface area contributed by atoms with E-state index in [1.54, 1.807) is 6.92 Å². The average molecular weight is 254 g/mol. The van der Waals surface area contributed by atoms with Crippen molar-refractivity contribution in [2.45, 2.75) is 12.3 Å². The zero-order valence-electron chi connectivity index (χ0n) is 7.54. The van der Waals surface area contributed by atoms with Crippen LogP contribution in [0.5, 0.6) is 0 Å². The van der Waals surface area contributed by atoms with E-state index < -0.39 is 5.97 Å². The van der Waals surface area contributed by atoms with Crippen LogP contribution in [0.4, 0.5) is 0 Å². The van der Waals surface area contributed by atoms with Crippen LogP contribution in [0.2, 0.25) is 0 Å². The Hall–Kier alpha value is -1.34. The molecule has 0 aliphatic heterocycles. The molecule has 0 radical (unpaired) electrons. The Labute approximate surface area is 90.1 Å². The molecule has 1 N–H and O–H groups in total. The molecule has 0 aliphatic rings. The number of rotatable bonds is 2. The van der Waals surface area contributed by atoms with Gasteiger partial charge in [-0.25, -0.2) is 4.79 Å². The first-order valence-corrected chi connectivity index (χ1v) is 5.05. The van der Waals surface area contributed by atoms with Gasteiger partial charge in [0.2, 0.25) is 0 Å². The van der Waals surface area contributed by atoms with Gasteiger partial charge in [0.25, 0.3) is 0 Å². The summed E-state index contributed by atoms with van der Waals surface area (Å²) in [6.07, 6.45) is 0. The van der Waals surface area contributed by atoms with Gasteiger partial charge in [-0.3, -0.25) is 0 Å². The van der Waals surface area contributed by atoms with E-state index in [0.29, 0.717) is 16.5 Å². The molecule has 0 aliphatic carbocycles. The van der Waals surface area contributed by atoms with Crippen LogP contribution >= 0.6 is 15.9 Å². The highest BCUT2D eigenvalue weighted by Gasteiger charge is 2.13. The molecule has 1 rings (SSSR count). The van der Waals surface area contributed by atoms with Crippen LogP contribution in [-0.2, 0) is 5.33 Å². The lowest BCUT2D eigenvalue weighted by Crippen LogP contribution is -2.04. The Morgan fingerprint density at radius 2 is 2.29 bits per heavy atom. The second kappa shape index (κ2) is 4.25. The van der Waals surface area contributed by atoms with Gasteiger partial charge in [0, 0.05) is 5.33 Å². The largest absolute Gasteiger partial charge is 0.478 e. The van der Waals surface area contributed by atoms with Crippen LogP contribution in [-0.4, -0.2) is 11.1 Å². The van der Waals surface area contributed by atoms with Gasteiger partial charge >= 0.3 is 5.97 Å². The maximum Gasteiger partial charge on any atom is 0.336 e. The lowest BCUT2D eigenvalue weighted by atomic mass is 9.99. The predicted octanol–water partition coefficient (Wildman–Crippen LogP) is 2.46. The standard InChI is InChI=1S/C10H8BrNO2/c1-6-7(5-12)2-3-8(10(13)14)9(6)4-11/h2-3H,4H2,1H3,(H,13,14). The first kappa shape index (κ1) is 10.7.